The zero-order valence-electron chi connectivity index (χ0n) is 6.17. The zero-order chi connectivity index (χ0) is 8.04. The smallest absolute Gasteiger partial charge is 0.195 e. The molecule has 10 heavy (non-hydrogen) atoms. The van der Waals surface area contributed by atoms with Gasteiger partial charge < -0.3 is 0 Å². The van der Waals surface area contributed by atoms with Gasteiger partial charge in [0.15, 0.2) is 0 Å². The molecule has 0 fully saturated rings. The number of hydrogen-bond donors (Lipinski definition) is 0. The van der Waals surface area contributed by atoms with Crippen LogP contribution in [0.25, 0.3) is 0 Å². The lowest BCUT2D eigenvalue weighted by molar-refractivity contribution is 0.113. The highest BCUT2D eigenvalue weighted by Crippen LogP contribution is 2.28. The summed E-state index contributed by atoms with van der Waals surface area (Å²) < 4.78 is 21.8. The second-order valence-electron chi connectivity index (χ2n) is 2.43. The molecule has 0 unspecified atom stereocenters. The van der Waals surface area contributed by atoms with Crippen LogP contribution in [-0.2, 0) is 0 Å². The Morgan fingerprint density at radius 1 is 1.20 bits per heavy atom. The maximum atomic E-state index is 12.1. The lowest BCUT2D eigenvalue weighted by Crippen LogP contribution is -2.03. The lowest BCUT2D eigenvalue weighted by Gasteiger charge is -2.06. The topological polar surface area (TPSA) is 0 Å². The van der Waals surface area contributed by atoms with Crippen molar-refractivity contribution in [2.75, 3.05) is 0 Å². The average Bonchev–Trinajstić information content (AvgIpc) is 1.78. The van der Waals surface area contributed by atoms with Crippen molar-refractivity contribution in [1.29, 1.82) is 0 Å². The van der Waals surface area contributed by atoms with E-state index in [0.717, 1.165) is 19.3 Å². The minimum absolute atomic E-state index is 0.0353. The molecular formula is C7H13F2I. The van der Waals surface area contributed by atoms with Crippen molar-refractivity contribution >= 4 is 22.6 Å². The van der Waals surface area contributed by atoms with E-state index in [9.17, 15) is 8.78 Å². The third-order valence-corrected chi connectivity index (χ3v) is 1.85. The molecule has 0 nitrogen and oxygen atoms in total. The molecule has 0 radical (unpaired) electrons. The SMILES string of the molecule is CCCCCCC(F)(F)I. The number of rotatable bonds is 5. The summed E-state index contributed by atoms with van der Waals surface area (Å²) in [7, 11) is 0. The second-order valence-corrected chi connectivity index (χ2v) is 4.00. The van der Waals surface area contributed by atoms with Gasteiger partial charge in [-0.05, 0) is 29.0 Å². The predicted octanol–water partition coefficient (Wildman–Crippen LogP) is 3.98. The number of unbranched alkanes of at least 4 members (excludes halogenated alkanes) is 3. The molecule has 0 spiro atoms. The molecule has 0 heterocycles. The fourth-order valence-corrected chi connectivity index (χ4v) is 1.13. The van der Waals surface area contributed by atoms with Crippen LogP contribution in [0.5, 0.6) is 0 Å². The summed E-state index contributed by atoms with van der Waals surface area (Å²) in [4.78, 5) is 0. The van der Waals surface area contributed by atoms with Crippen LogP contribution in [0.2, 0.25) is 0 Å². The molecule has 0 atom stereocenters. The quantitative estimate of drug-likeness (QED) is 0.399. The van der Waals surface area contributed by atoms with E-state index in [1.807, 2.05) is 0 Å². The third-order valence-electron chi connectivity index (χ3n) is 1.31. The summed E-state index contributed by atoms with van der Waals surface area (Å²) in [6.07, 6.45) is 3.81. The van der Waals surface area contributed by atoms with E-state index in [2.05, 4.69) is 6.92 Å². The van der Waals surface area contributed by atoms with Gasteiger partial charge in [0.25, 0.3) is 3.93 Å². The fourth-order valence-electron chi connectivity index (χ4n) is 0.752. The Labute approximate surface area is 74.5 Å². The minimum Gasteiger partial charge on any atom is -0.195 e. The normalized spacial score (nSPS) is 12.0. The summed E-state index contributed by atoms with van der Waals surface area (Å²) in [6.45, 7) is 2.07. The molecule has 0 aliphatic heterocycles. The van der Waals surface area contributed by atoms with Crippen LogP contribution in [0.4, 0.5) is 8.78 Å². The Balaban J connectivity index is 3.04. The van der Waals surface area contributed by atoms with Crippen LogP contribution < -0.4 is 0 Å². The van der Waals surface area contributed by atoms with Crippen LogP contribution in [0, 0.1) is 0 Å². The Morgan fingerprint density at radius 3 is 2.20 bits per heavy atom. The Morgan fingerprint density at radius 2 is 1.80 bits per heavy atom. The van der Waals surface area contributed by atoms with Gasteiger partial charge in [0, 0.05) is 6.42 Å². The molecule has 0 aliphatic carbocycles. The van der Waals surface area contributed by atoms with E-state index >= 15 is 0 Å². The number of halogens is 3. The van der Waals surface area contributed by atoms with E-state index < -0.39 is 3.93 Å². The summed E-state index contributed by atoms with van der Waals surface area (Å²) in [5, 5.41) is 0. The van der Waals surface area contributed by atoms with Gasteiger partial charge in [0.1, 0.15) is 0 Å². The van der Waals surface area contributed by atoms with Crippen LogP contribution in [0.15, 0.2) is 0 Å². The van der Waals surface area contributed by atoms with Gasteiger partial charge in [-0.25, -0.2) is 0 Å². The van der Waals surface area contributed by atoms with E-state index in [0.29, 0.717) is 6.42 Å². The van der Waals surface area contributed by atoms with Crippen molar-refractivity contribution in [3.63, 3.8) is 0 Å². The van der Waals surface area contributed by atoms with E-state index in [4.69, 9.17) is 0 Å². The van der Waals surface area contributed by atoms with Crippen LogP contribution in [0.3, 0.4) is 0 Å². The van der Waals surface area contributed by atoms with Crippen LogP contribution in [-0.4, -0.2) is 3.93 Å². The minimum atomic E-state index is -2.48. The molecular weight excluding hydrogens is 249 g/mol. The highest BCUT2D eigenvalue weighted by molar-refractivity contribution is 14.1. The predicted molar refractivity (Wildman–Crippen MR) is 47.7 cm³/mol. The Hall–Kier alpha value is 0.590. The molecule has 62 valence electrons. The van der Waals surface area contributed by atoms with Gasteiger partial charge in [-0.15, -0.1) is 0 Å². The van der Waals surface area contributed by atoms with Gasteiger partial charge in [-0.1, -0.05) is 26.2 Å². The lowest BCUT2D eigenvalue weighted by atomic mass is 10.2. The fraction of sp³-hybridized carbons (Fsp3) is 1.00. The first-order valence-corrected chi connectivity index (χ1v) is 4.71. The highest BCUT2D eigenvalue weighted by atomic mass is 127. The Kier molecular flexibility index (Phi) is 5.58. The van der Waals surface area contributed by atoms with Gasteiger partial charge in [0.05, 0.1) is 0 Å². The van der Waals surface area contributed by atoms with Gasteiger partial charge >= 0.3 is 0 Å². The zero-order valence-corrected chi connectivity index (χ0v) is 8.33. The molecule has 0 aromatic carbocycles. The summed E-state index contributed by atoms with van der Waals surface area (Å²) in [6, 6.07) is 0. The second kappa shape index (κ2) is 5.27. The molecule has 0 saturated carbocycles. The molecule has 0 aromatic rings. The highest BCUT2D eigenvalue weighted by Gasteiger charge is 2.21. The van der Waals surface area contributed by atoms with Crippen LogP contribution in [0.1, 0.15) is 39.0 Å². The average molecular weight is 262 g/mol. The first-order valence-electron chi connectivity index (χ1n) is 3.63. The van der Waals surface area contributed by atoms with E-state index in [1.54, 1.807) is 0 Å². The monoisotopic (exact) mass is 262 g/mol. The first kappa shape index (κ1) is 10.6. The first-order chi connectivity index (χ1) is 4.56. The molecule has 3 heteroatoms. The maximum Gasteiger partial charge on any atom is 0.296 e. The standard InChI is InChI=1S/C7H13F2I/c1-2-3-4-5-6-7(8,9)10/h2-6H2,1H3. The molecule has 0 bridgehead atoms. The van der Waals surface area contributed by atoms with Gasteiger partial charge in [-0.2, -0.15) is 8.78 Å². The number of alkyl halides is 3. The van der Waals surface area contributed by atoms with Crippen molar-refractivity contribution in [3.05, 3.63) is 0 Å². The van der Waals surface area contributed by atoms with Crippen molar-refractivity contribution in [2.45, 2.75) is 43.0 Å². The Bertz CT molecular complexity index is 78.2. The molecule has 0 rings (SSSR count). The summed E-state index contributed by atoms with van der Waals surface area (Å²) in [5.41, 5.74) is 0. The molecule has 0 N–H and O–H groups in total. The van der Waals surface area contributed by atoms with Crippen LogP contribution >= 0.6 is 22.6 Å². The summed E-state index contributed by atoms with van der Waals surface area (Å²) in [5.74, 6) is 0. The molecule has 0 saturated heterocycles. The van der Waals surface area contributed by atoms with Gasteiger partial charge in [0.2, 0.25) is 0 Å². The van der Waals surface area contributed by atoms with Crippen molar-refractivity contribution < 1.29 is 8.78 Å². The van der Waals surface area contributed by atoms with E-state index in [-0.39, 0.29) is 6.42 Å². The van der Waals surface area contributed by atoms with Crippen molar-refractivity contribution in [2.24, 2.45) is 0 Å². The molecule has 0 amide bonds. The largest absolute Gasteiger partial charge is 0.296 e. The molecule has 0 aliphatic rings. The number of hydrogen-bond acceptors (Lipinski definition) is 0. The third kappa shape index (κ3) is 8.59. The molecule has 0 aromatic heterocycles. The van der Waals surface area contributed by atoms with Crippen molar-refractivity contribution in [1.82, 2.24) is 0 Å². The van der Waals surface area contributed by atoms with Gasteiger partial charge in [-0.3, -0.25) is 0 Å². The van der Waals surface area contributed by atoms with E-state index in [1.165, 1.54) is 22.6 Å². The summed E-state index contributed by atoms with van der Waals surface area (Å²) >= 11 is 1.20. The maximum absolute atomic E-state index is 12.1. The van der Waals surface area contributed by atoms with Crippen molar-refractivity contribution in [3.8, 4) is 0 Å².